The average Bonchev–Trinajstić information content (AvgIpc) is 3.00. The van der Waals surface area contributed by atoms with E-state index in [1.54, 1.807) is 6.92 Å². The van der Waals surface area contributed by atoms with E-state index in [1.807, 2.05) is 0 Å². The molecule has 144 valence electrons. The van der Waals surface area contributed by atoms with Crippen molar-refractivity contribution in [3.8, 4) is 0 Å². The Bertz CT molecular complexity index is 810. The number of halogens is 2. The highest BCUT2D eigenvalue weighted by Crippen LogP contribution is 2.29. The topological polar surface area (TPSA) is 71.1 Å². The summed E-state index contributed by atoms with van der Waals surface area (Å²) in [7, 11) is 0. The number of nitrogens with zero attached hydrogens (tertiary/aromatic N) is 1. The predicted octanol–water partition coefficient (Wildman–Crippen LogP) is 3.38. The second-order valence-corrected chi connectivity index (χ2v) is 7.65. The highest BCUT2D eigenvalue weighted by molar-refractivity contribution is 7.15. The van der Waals surface area contributed by atoms with Crippen LogP contribution in [0.1, 0.15) is 42.3 Å². The summed E-state index contributed by atoms with van der Waals surface area (Å²) in [6, 6.07) is 2.21. The number of hydrogen-bond acceptors (Lipinski definition) is 4. The molecule has 2 N–H and O–H groups in total. The van der Waals surface area contributed by atoms with Gasteiger partial charge in [0.15, 0.2) is 5.13 Å². The minimum absolute atomic E-state index is 0.204. The van der Waals surface area contributed by atoms with Gasteiger partial charge in [0.1, 0.15) is 17.7 Å². The molecule has 2 amide bonds. The molecule has 0 radical (unpaired) electrons. The number of thiazole rings is 1. The minimum atomic E-state index is -0.740. The van der Waals surface area contributed by atoms with Gasteiger partial charge in [-0.25, -0.2) is 13.8 Å². The van der Waals surface area contributed by atoms with Gasteiger partial charge in [-0.2, -0.15) is 0 Å². The molecule has 0 unspecified atom stereocenters. The van der Waals surface area contributed by atoms with Gasteiger partial charge in [0.05, 0.1) is 12.1 Å². The van der Waals surface area contributed by atoms with Gasteiger partial charge in [-0.1, -0.05) is 6.92 Å². The molecule has 1 aromatic heterocycles. The standard InChI is InChI=1S/C19H21F2N3O2S/c1-2-14(22-17(25)9-11-7-12(20)10-13(21)8-11)18(26)24-19-23-15-5-3-4-6-16(15)27-19/h7-8,10,14H,2-6,9H2,1H3,(H,22,25)(H,23,24,26)/t14-/m0/s1. The van der Waals surface area contributed by atoms with Crippen LogP contribution in [0.25, 0.3) is 0 Å². The zero-order chi connectivity index (χ0) is 19.4. The molecular formula is C19H21F2N3O2S. The number of benzene rings is 1. The fourth-order valence-corrected chi connectivity index (χ4v) is 4.15. The van der Waals surface area contributed by atoms with Crippen LogP contribution >= 0.6 is 11.3 Å². The Labute approximate surface area is 160 Å². The zero-order valence-corrected chi connectivity index (χ0v) is 15.8. The Morgan fingerprint density at radius 3 is 2.56 bits per heavy atom. The third-order valence-corrected chi connectivity index (χ3v) is 5.50. The lowest BCUT2D eigenvalue weighted by Gasteiger charge is -2.16. The smallest absolute Gasteiger partial charge is 0.248 e. The van der Waals surface area contributed by atoms with Gasteiger partial charge in [0, 0.05) is 10.9 Å². The summed E-state index contributed by atoms with van der Waals surface area (Å²) < 4.78 is 26.5. The Balaban J connectivity index is 1.59. The number of anilines is 1. The molecule has 3 rings (SSSR count). The second kappa shape index (κ2) is 8.56. The van der Waals surface area contributed by atoms with Crippen molar-refractivity contribution in [3.63, 3.8) is 0 Å². The molecule has 27 heavy (non-hydrogen) atoms. The van der Waals surface area contributed by atoms with Crippen molar-refractivity contribution in [3.05, 3.63) is 46.0 Å². The van der Waals surface area contributed by atoms with Crippen LogP contribution in [0.15, 0.2) is 18.2 Å². The largest absolute Gasteiger partial charge is 0.344 e. The molecule has 1 heterocycles. The van der Waals surface area contributed by atoms with E-state index in [4.69, 9.17) is 0 Å². The molecule has 1 aliphatic carbocycles. The number of fused-ring (bicyclic) bond motifs is 1. The van der Waals surface area contributed by atoms with Gasteiger partial charge < -0.3 is 10.6 Å². The quantitative estimate of drug-likeness (QED) is 0.790. The lowest BCUT2D eigenvalue weighted by molar-refractivity contribution is -0.126. The minimum Gasteiger partial charge on any atom is -0.344 e. The fraction of sp³-hybridized carbons (Fsp3) is 0.421. The van der Waals surface area contributed by atoms with Crippen molar-refractivity contribution in [1.29, 1.82) is 0 Å². The number of aryl methyl sites for hydroxylation is 2. The van der Waals surface area contributed by atoms with Crippen LogP contribution in [-0.2, 0) is 28.9 Å². The van der Waals surface area contributed by atoms with E-state index in [0.29, 0.717) is 11.6 Å². The molecule has 8 heteroatoms. The average molecular weight is 393 g/mol. The molecule has 0 aliphatic heterocycles. The van der Waals surface area contributed by atoms with E-state index in [2.05, 4.69) is 15.6 Å². The number of rotatable bonds is 6. The Morgan fingerprint density at radius 1 is 1.19 bits per heavy atom. The predicted molar refractivity (Wildman–Crippen MR) is 99.7 cm³/mol. The van der Waals surface area contributed by atoms with Crippen LogP contribution in [0.5, 0.6) is 0 Å². The summed E-state index contributed by atoms with van der Waals surface area (Å²) in [6.07, 6.45) is 4.35. The maximum Gasteiger partial charge on any atom is 0.248 e. The lowest BCUT2D eigenvalue weighted by atomic mass is 10.0. The Hall–Kier alpha value is -2.35. The number of carbonyl (C=O) groups excluding carboxylic acids is 2. The normalized spacial score (nSPS) is 14.3. The van der Waals surface area contributed by atoms with Gasteiger partial charge in [-0.05, 0) is 49.8 Å². The van der Waals surface area contributed by atoms with Crippen LogP contribution in [0.3, 0.4) is 0 Å². The van der Waals surface area contributed by atoms with E-state index < -0.39 is 23.6 Å². The highest BCUT2D eigenvalue weighted by Gasteiger charge is 2.22. The Kier molecular flexibility index (Phi) is 6.15. The molecule has 0 bridgehead atoms. The molecular weight excluding hydrogens is 372 g/mol. The summed E-state index contributed by atoms with van der Waals surface area (Å²) in [5, 5.41) is 5.94. The van der Waals surface area contributed by atoms with Gasteiger partial charge in [-0.3, -0.25) is 9.59 Å². The van der Waals surface area contributed by atoms with Gasteiger partial charge >= 0.3 is 0 Å². The van der Waals surface area contributed by atoms with Crippen molar-refractivity contribution < 1.29 is 18.4 Å². The van der Waals surface area contributed by atoms with Crippen LogP contribution < -0.4 is 10.6 Å². The van der Waals surface area contributed by atoms with Crippen molar-refractivity contribution >= 4 is 28.3 Å². The monoisotopic (exact) mass is 393 g/mol. The summed E-state index contributed by atoms with van der Waals surface area (Å²) in [5.74, 6) is -2.30. The lowest BCUT2D eigenvalue weighted by Crippen LogP contribution is -2.44. The van der Waals surface area contributed by atoms with E-state index in [1.165, 1.54) is 16.2 Å². The number of carbonyl (C=O) groups is 2. The molecule has 0 saturated heterocycles. The molecule has 1 aromatic carbocycles. The first-order chi connectivity index (χ1) is 12.9. The third kappa shape index (κ3) is 5.09. The molecule has 2 aromatic rings. The van der Waals surface area contributed by atoms with Crippen LogP contribution in [-0.4, -0.2) is 22.8 Å². The number of amides is 2. The molecule has 0 spiro atoms. The first-order valence-corrected chi connectivity index (χ1v) is 9.80. The molecule has 5 nitrogen and oxygen atoms in total. The summed E-state index contributed by atoms with van der Waals surface area (Å²) >= 11 is 1.48. The highest BCUT2D eigenvalue weighted by atomic mass is 32.1. The third-order valence-electron chi connectivity index (χ3n) is 4.42. The second-order valence-electron chi connectivity index (χ2n) is 6.57. The van der Waals surface area contributed by atoms with E-state index in [9.17, 15) is 18.4 Å². The van der Waals surface area contributed by atoms with Crippen molar-refractivity contribution in [1.82, 2.24) is 10.3 Å². The van der Waals surface area contributed by atoms with Crippen LogP contribution in [0, 0.1) is 11.6 Å². The number of aromatic nitrogens is 1. The van der Waals surface area contributed by atoms with E-state index >= 15 is 0 Å². The summed E-state index contributed by atoms with van der Waals surface area (Å²) in [4.78, 5) is 30.3. The van der Waals surface area contributed by atoms with E-state index in [-0.39, 0.29) is 17.9 Å². The van der Waals surface area contributed by atoms with Crippen molar-refractivity contribution in [2.45, 2.75) is 51.5 Å². The molecule has 1 aliphatic rings. The molecule has 0 fully saturated rings. The van der Waals surface area contributed by atoms with E-state index in [0.717, 1.165) is 49.6 Å². The van der Waals surface area contributed by atoms with Crippen molar-refractivity contribution in [2.24, 2.45) is 0 Å². The SMILES string of the molecule is CC[C@H](NC(=O)Cc1cc(F)cc(F)c1)C(=O)Nc1nc2c(s1)CCCC2. The van der Waals surface area contributed by atoms with Crippen LogP contribution in [0.4, 0.5) is 13.9 Å². The molecule has 1 atom stereocenters. The van der Waals surface area contributed by atoms with Crippen molar-refractivity contribution in [2.75, 3.05) is 5.32 Å². The van der Waals surface area contributed by atoms with Gasteiger partial charge in [-0.15, -0.1) is 11.3 Å². The maximum atomic E-state index is 13.2. The zero-order valence-electron chi connectivity index (χ0n) is 15.0. The number of hydrogen-bond donors (Lipinski definition) is 2. The number of nitrogens with one attached hydrogen (secondary N) is 2. The first-order valence-electron chi connectivity index (χ1n) is 8.98. The summed E-state index contributed by atoms with van der Waals surface area (Å²) in [5.41, 5.74) is 1.26. The Morgan fingerprint density at radius 2 is 1.89 bits per heavy atom. The van der Waals surface area contributed by atoms with Gasteiger partial charge in [0.2, 0.25) is 11.8 Å². The fourth-order valence-electron chi connectivity index (χ4n) is 3.09. The first kappa shape index (κ1) is 19.4. The summed E-state index contributed by atoms with van der Waals surface area (Å²) in [6.45, 7) is 1.78. The van der Waals surface area contributed by atoms with Crippen LogP contribution in [0.2, 0.25) is 0 Å². The maximum absolute atomic E-state index is 13.2. The molecule has 0 saturated carbocycles. The van der Waals surface area contributed by atoms with Gasteiger partial charge in [0.25, 0.3) is 0 Å².